The predicted molar refractivity (Wildman–Crippen MR) is 113 cm³/mol. The summed E-state index contributed by atoms with van der Waals surface area (Å²) in [5, 5.41) is 6.69. The van der Waals surface area contributed by atoms with E-state index in [1.807, 2.05) is 72.8 Å². The number of hydrogen-bond acceptors (Lipinski definition) is 5. The summed E-state index contributed by atoms with van der Waals surface area (Å²) in [5.41, 5.74) is 4.06. The van der Waals surface area contributed by atoms with Gasteiger partial charge in [-0.15, -0.1) is 0 Å². The molecule has 0 fully saturated rings. The van der Waals surface area contributed by atoms with Crippen LogP contribution in [0.2, 0.25) is 0 Å². The van der Waals surface area contributed by atoms with Crippen molar-refractivity contribution in [1.29, 1.82) is 0 Å². The molecule has 28 heavy (non-hydrogen) atoms. The summed E-state index contributed by atoms with van der Waals surface area (Å²) >= 11 is 0. The van der Waals surface area contributed by atoms with Crippen LogP contribution in [0.5, 0.6) is 0 Å². The second-order valence-corrected chi connectivity index (χ2v) is 6.34. The SMILES string of the molecule is c1ccc(CNc2nc(NCc3ccccn3)cc(-c3ccccc3)n2)cc1. The third kappa shape index (κ3) is 4.71. The van der Waals surface area contributed by atoms with Crippen molar-refractivity contribution in [3.63, 3.8) is 0 Å². The Balaban J connectivity index is 1.57. The first-order chi connectivity index (χ1) is 13.9. The fourth-order valence-corrected chi connectivity index (χ4v) is 2.83. The number of anilines is 2. The van der Waals surface area contributed by atoms with Gasteiger partial charge in [0.1, 0.15) is 5.82 Å². The molecule has 0 atom stereocenters. The van der Waals surface area contributed by atoms with E-state index < -0.39 is 0 Å². The van der Waals surface area contributed by atoms with Gasteiger partial charge in [-0.2, -0.15) is 4.98 Å². The summed E-state index contributed by atoms with van der Waals surface area (Å²) in [4.78, 5) is 13.7. The largest absolute Gasteiger partial charge is 0.364 e. The van der Waals surface area contributed by atoms with Crippen molar-refractivity contribution < 1.29 is 0 Å². The lowest BCUT2D eigenvalue weighted by molar-refractivity contribution is 1.01. The fraction of sp³-hybridized carbons (Fsp3) is 0.0870. The minimum absolute atomic E-state index is 0.591. The van der Waals surface area contributed by atoms with Gasteiger partial charge in [-0.1, -0.05) is 66.7 Å². The van der Waals surface area contributed by atoms with E-state index in [0.29, 0.717) is 19.0 Å². The highest BCUT2D eigenvalue weighted by atomic mass is 15.1. The second-order valence-electron chi connectivity index (χ2n) is 6.34. The quantitative estimate of drug-likeness (QED) is 0.493. The maximum Gasteiger partial charge on any atom is 0.225 e. The van der Waals surface area contributed by atoms with Crippen LogP contribution in [0, 0.1) is 0 Å². The molecule has 5 nitrogen and oxygen atoms in total. The summed E-state index contributed by atoms with van der Waals surface area (Å²) in [6.45, 7) is 1.27. The second kappa shape index (κ2) is 8.77. The molecule has 5 heteroatoms. The molecule has 0 aliphatic heterocycles. The van der Waals surface area contributed by atoms with Gasteiger partial charge in [-0.3, -0.25) is 4.98 Å². The van der Waals surface area contributed by atoms with Gasteiger partial charge in [0.2, 0.25) is 5.95 Å². The van der Waals surface area contributed by atoms with Crippen molar-refractivity contribution in [2.24, 2.45) is 0 Å². The molecule has 2 N–H and O–H groups in total. The molecular formula is C23H21N5. The molecule has 0 amide bonds. The Labute approximate surface area is 164 Å². The van der Waals surface area contributed by atoms with Crippen LogP contribution in [0.25, 0.3) is 11.3 Å². The Bertz CT molecular complexity index is 943. The Morgan fingerprint density at radius 3 is 2.18 bits per heavy atom. The van der Waals surface area contributed by atoms with E-state index >= 15 is 0 Å². The standard InChI is InChI=1S/C23H21N5/c1-3-9-18(10-4-1)16-26-23-27-21(19-11-5-2-6-12-19)15-22(28-23)25-17-20-13-7-8-14-24-20/h1-15H,16-17H2,(H2,25,26,27,28). The first kappa shape index (κ1) is 17.7. The van der Waals surface area contributed by atoms with Crippen LogP contribution in [0.15, 0.2) is 91.1 Å². The average molecular weight is 367 g/mol. The monoisotopic (exact) mass is 367 g/mol. The zero-order chi connectivity index (χ0) is 19.0. The average Bonchev–Trinajstić information content (AvgIpc) is 2.78. The molecule has 4 rings (SSSR count). The molecule has 2 aromatic heterocycles. The molecule has 0 spiro atoms. The topological polar surface area (TPSA) is 62.7 Å². The zero-order valence-corrected chi connectivity index (χ0v) is 15.4. The third-order valence-electron chi connectivity index (χ3n) is 4.27. The van der Waals surface area contributed by atoms with E-state index in [4.69, 9.17) is 4.98 Å². The van der Waals surface area contributed by atoms with E-state index in [2.05, 4.69) is 32.7 Å². The van der Waals surface area contributed by atoms with Gasteiger partial charge in [0, 0.05) is 24.4 Å². The number of benzene rings is 2. The Morgan fingerprint density at radius 2 is 1.43 bits per heavy atom. The molecular weight excluding hydrogens is 346 g/mol. The van der Waals surface area contributed by atoms with Crippen molar-refractivity contribution in [1.82, 2.24) is 15.0 Å². The highest BCUT2D eigenvalue weighted by Crippen LogP contribution is 2.22. The molecule has 0 unspecified atom stereocenters. The summed E-state index contributed by atoms with van der Waals surface area (Å²) in [7, 11) is 0. The van der Waals surface area contributed by atoms with Gasteiger partial charge in [-0.05, 0) is 17.7 Å². The van der Waals surface area contributed by atoms with E-state index in [1.54, 1.807) is 6.20 Å². The van der Waals surface area contributed by atoms with E-state index in [1.165, 1.54) is 5.56 Å². The van der Waals surface area contributed by atoms with Gasteiger partial charge >= 0.3 is 0 Å². The Hall–Kier alpha value is -3.73. The van der Waals surface area contributed by atoms with Crippen LogP contribution in [0.4, 0.5) is 11.8 Å². The van der Waals surface area contributed by atoms with Crippen molar-refractivity contribution >= 4 is 11.8 Å². The van der Waals surface area contributed by atoms with Crippen molar-refractivity contribution in [3.8, 4) is 11.3 Å². The molecule has 2 aromatic carbocycles. The lowest BCUT2D eigenvalue weighted by atomic mass is 10.1. The zero-order valence-electron chi connectivity index (χ0n) is 15.4. The van der Waals surface area contributed by atoms with Crippen LogP contribution < -0.4 is 10.6 Å². The summed E-state index contributed by atoms with van der Waals surface area (Å²) in [6.07, 6.45) is 1.79. The first-order valence-corrected chi connectivity index (χ1v) is 9.23. The maximum absolute atomic E-state index is 4.70. The number of rotatable bonds is 7. The minimum atomic E-state index is 0.591. The van der Waals surface area contributed by atoms with Crippen LogP contribution in [-0.4, -0.2) is 15.0 Å². The first-order valence-electron chi connectivity index (χ1n) is 9.23. The smallest absolute Gasteiger partial charge is 0.225 e. The van der Waals surface area contributed by atoms with Crippen LogP contribution in [0.3, 0.4) is 0 Å². The van der Waals surface area contributed by atoms with Crippen LogP contribution >= 0.6 is 0 Å². The molecule has 138 valence electrons. The Kier molecular flexibility index (Phi) is 5.54. The van der Waals surface area contributed by atoms with Gasteiger partial charge in [0.15, 0.2) is 0 Å². The van der Waals surface area contributed by atoms with E-state index in [0.717, 1.165) is 22.8 Å². The van der Waals surface area contributed by atoms with E-state index in [-0.39, 0.29) is 0 Å². The summed E-state index contributed by atoms with van der Waals surface area (Å²) in [6, 6.07) is 28.2. The number of pyridine rings is 1. The molecule has 0 bridgehead atoms. The predicted octanol–water partition coefficient (Wildman–Crippen LogP) is 4.76. The lowest BCUT2D eigenvalue weighted by Crippen LogP contribution is -2.08. The summed E-state index contributed by atoms with van der Waals surface area (Å²) < 4.78 is 0. The molecule has 0 saturated carbocycles. The van der Waals surface area contributed by atoms with E-state index in [9.17, 15) is 0 Å². The van der Waals surface area contributed by atoms with Crippen molar-refractivity contribution in [2.45, 2.75) is 13.1 Å². The normalized spacial score (nSPS) is 10.4. The van der Waals surface area contributed by atoms with Gasteiger partial charge in [0.05, 0.1) is 17.9 Å². The fourth-order valence-electron chi connectivity index (χ4n) is 2.83. The van der Waals surface area contributed by atoms with Crippen LogP contribution in [-0.2, 0) is 13.1 Å². The molecule has 4 aromatic rings. The minimum Gasteiger partial charge on any atom is -0.364 e. The lowest BCUT2D eigenvalue weighted by Gasteiger charge is -2.11. The number of aromatic nitrogens is 3. The molecule has 0 saturated heterocycles. The van der Waals surface area contributed by atoms with Crippen molar-refractivity contribution in [3.05, 3.63) is 102 Å². The Morgan fingerprint density at radius 1 is 0.679 bits per heavy atom. The third-order valence-corrected chi connectivity index (χ3v) is 4.27. The molecule has 0 radical (unpaired) electrons. The van der Waals surface area contributed by atoms with Crippen molar-refractivity contribution in [2.75, 3.05) is 10.6 Å². The molecule has 0 aliphatic rings. The molecule has 0 aliphatic carbocycles. The highest BCUT2D eigenvalue weighted by Gasteiger charge is 2.07. The van der Waals surface area contributed by atoms with Gasteiger partial charge < -0.3 is 10.6 Å². The molecule has 2 heterocycles. The van der Waals surface area contributed by atoms with Crippen LogP contribution in [0.1, 0.15) is 11.3 Å². The summed E-state index contributed by atoms with van der Waals surface area (Å²) in [5.74, 6) is 1.35. The number of hydrogen-bond donors (Lipinski definition) is 2. The highest BCUT2D eigenvalue weighted by molar-refractivity contribution is 5.64. The number of nitrogens with zero attached hydrogens (tertiary/aromatic N) is 3. The van der Waals surface area contributed by atoms with Gasteiger partial charge in [-0.25, -0.2) is 4.98 Å². The van der Waals surface area contributed by atoms with Gasteiger partial charge in [0.25, 0.3) is 0 Å². The maximum atomic E-state index is 4.70. The number of nitrogens with one attached hydrogen (secondary N) is 2.